The molecule has 0 aromatic heterocycles. The minimum Gasteiger partial charge on any atom is -0.508 e. The number of phenols is 1. The second-order valence-corrected chi connectivity index (χ2v) is 14.8. The lowest BCUT2D eigenvalue weighted by atomic mass is 9.57. The fourth-order valence-corrected chi connectivity index (χ4v) is 9.12. The van der Waals surface area contributed by atoms with Crippen molar-refractivity contribution in [2.24, 2.45) is 29.4 Å². The molecule has 0 aliphatic heterocycles. The summed E-state index contributed by atoms with van der Waals surface area (Å²) < 4.78 is 0. The number of phenolic OH excluding ortho intramolecular Hbond substituents is 1. The van der Waals surface area contributed by atoms with Crippen LogP contribution in [0, 0.1) is 23.7 Å². The lowest BCUT2D eigenvalue weighted by molar-refractivity contribution is -0.153. The van der Waals surface area contributed by atoms with Crippen molar-refractivity contribution in [3.05, 3.63) is 57.4 Å². The molecular formula is C37H47N3O8. The second kappa shape index (κ2) is 12.5. The van der Waals surface area contributed by atoms with Crippen LogP contribution in [0.1, 0.15) is 68.1 Å². The fraction of sp³-hybridized carbons (Fsp3) is 0.541. The fourth-order valence-electron chi connectivity index (χ4n) is 9.12. The van der Waals surface area contributed by atoms with E-state index in [-0.39, 0.29) is 36.3 Å². The predicted molar refractivity (Wildman–Crippen MR) is 181 cm³/mol. The maximum absolute atomic E-state index is 14.3. The van der Waals surface area contributed by atoms with Gasteiger partial charge in [0.2, 0.25) is 5.78 Å². The van der Waals surface area contributed by atoms with E-state index in [9.17, 15) is 39.9 Å². The van der Waals surface area contributed by atoms with E-state index in [1.54, 1.807) is 14.1 Å². The lowest BCUT2D eigenvalue weighted by Gasteiger charge is -2.50. The van der Waals surface area contributed by atoms with Crippen LogP contribution in [0.3, 0.4) is 0 Å². The largest absolute Gasteiger partial charge is 0.508 e. The van der Waals surface area contributed by atoms with Crippen molar-refractivity contribution in [1.29, 1.82) is 0 Å². The molecule has 48 heavy (non-hydrogen) atoms. The Bertz CT molecular complexity index is 1690. The van der Waals surface area contributed by atoms with Crippen LogP contribution in [0.2, 0.25) is 0 Å². The Balaban J connectivity index is 1.36. The summed E-state index contributed by atoms with van der Waals surface area (Å²) in [5.74, 6) is -5.39. The first-order valence-electron chi connectivity index (χ1n) is 16.9. The van der Waals surface area contributed by atoms with Gasteiger partial charge in [-0.1, -0.05) is 30.6 Å². The summed E-state index contributed by atoms with van der Waals surface area (Å²) in [7, 11) is 6.90. The Labute approximate surface area is 280 Å². The van der Waals surface area contributed by atoms with Crippen molar-refractivity contribution >= 4 is 34.5 Å². The van der Waals surface area contributed by atoms with Gasteiger partial charge in [-0.2, -0.15) is 0 Å². The molecule has 1 aromatic carbocycles. The van der Waals surface area contributed by atoms with Crippen LogP contribution in [0.25, 0.3) is 11.3 Å². The first-order chi connectivity index (χ1) is 22.7. The number of allylic oxidation sites excluding steroid dienone is 4. The molecule has 0 spiro atoms. The highest BCUT2D eigenvalue weighted by atomic mass is 16.3. The number of carbonyl (C=O) groups is 3. The molecule has 7 N–H and O–H groups in total. The van der Waals surface area contributed by atoms with Crippen molar-refractivity contribution < 1.29 is 39.9 Å². The Kier molecular flexibility index (Phi) is 8.85. The highest BCUT2D eigenvalue weighted by molar-refractivity contribution is 6.24. The number of aliphatic hydroxyl groups is 4. The minimum absolute atomic E-state index is 0.0431. The lowest BCUT2D eigenvalue weighted by Crippen LogP contribution is -2.65. The van der Waals surface area contributed by atoms with Gasteiger partial charge in [-0.3, -0.25) is 19.3 Å². The van der Waals surface area contributed by atoms with Crippen LogP contribution in [0.5, 0.6) is 5.75 Å². The molecule has 5 aliphatic carbocycles. The molecule has 2 saturated carbocycles. The van der Waals surface area contributed by atoms with E-state index >= 15 is 0 Å². The summed E-state index contributed by atoms with van der Waals surface area (Å²) >= 11 is 0. The molecule has 0 unspecified atom stereocenters. The number of Topliss-reactive ketones (excluding diaryl/α,β-unsaturated/α-hetero) is 2. The summed E-state index contributed by atoms with van der Waals surface area (Å²) in [6.45, 7) is 0.239. The summed E-state index contributed by atoms with van der Waals surface area (Å²) in [5.41, 5.74) is 5.98. The molecular weight excluding hydrogens is 614 g/mol. The first-order valence-corrected chi connectivity index (χ1v) is 16.9. The van der Waals surface area contributed by atoms with Gasteiger partial charge in [0.05, 0.1) is 11.6 Å². The van der Waals surface area contributed by atoms with Gasteiger partial charge < -0.3 is 36.2 Å². The van der Waals surface area contributed by atoms with Crippen molar-refractivity contribution in [3.63, 3.8) is 0 Å². The number of amides is 1. The minimum atomic E-state index is -2.67. The number of carbonyl (C=O) groups excluding carboxylic acids is 3. The highest BCUT2D eigenvalue weighted by Gasteiger charge is 2.64. The van der Waals surface area contributed by atoms with Gasteiger partial charge in [0.15, 0.2) is 11.4 Å². The van der Waals surface area contributed by atoms with Crippen molar-refractivity contribution in [2.45, 2.75) is 69.4 Å². The highest BCUT2D eigenvalue weighted by Crippen LogP contribution is 2.55. The van der Waals surface area contributed by atoms with Gasteiger partial charge >= 0.3 is 0 Å². The van der Waals surface area contributed by atoms with Gasteiger partial charge in [-0.15, -0.1) is 0 Å². The number of nitrogens with zero attached hydrogens (tertiary/aromatic N) is 2. The van der Waals surface area contributed by atoms with Crippen molar-refractivity contribution in [1.82, 2.24) is 4.90 Å². The molecule has 1 aromatic rings. The zero-order valence-corrected chi connectivity index (χ0v) is 28.1. The summed E-state index contributed by atoms with van der Waals surface area (Å²) in [5, 5.41) is 56.0. The molecule has 0 bridgehead atoms. The second-order valence-electron chi connectivity index (χ2n) is 14.8. The number of ketones is 2. The number of rotatable bonds is 8. The zero-order chi connectivity index (χ0) is 34.8. The Morgan fingerprint density at radius 3 is 2.29 bits per heavy atom. The first kappa shape index (κ1) is 34.0. The van der Waals surface area contributed by atoms with Gasteiger partial charge in [0.1, 0.15) is 22.8 Å². The third-order valence-corrected chi connectivity index (χ3v) is 11.5. The molecule has 4 atom stereocenters. The Morgan fingerprint density at radius 2 is 1.69 bits per heavy atom. The number of aromatic hydroxyl groups is 1. The molecule has 11 heteroatoms. The molecule has 11 nitrogen and oxygen atoms in total. The van der Waals surface area contributed by atoms with Gasteiger partial charge in [0, 0.05) is 43.4 Å². The van der Waals surface area contributed by atoms with Crippen LogP contribution < -0.4 is 10.6 Å². The van der Waals surface area contributed by atoms with Gasteiger partial charge in [0.25, 0.3) is 5.91 Å². The molecule has 6 rings (SSSR count). The summed E-state index contributed by atoms with van der Waals surface area (Å²) in [4.78, 5) is 43.3. The van der Waals surface area contributed by atoms with E-state index in [4.69, 9.17) is 5.73 Å². The van der Waals surface area contributed by atoms with E-state index in [2.05, 4.69) is 6.08 Å². The Hall–Kier alpha value is -3.93. The number of primary amides is 1. The molecule has 0 radical (unpaired) electrons. The average molecular weight is 662 g/mol. The quantitative estimate of drug-likeness (QED) is 0.226. The van der Waals surface area contributed by atoms with Crippen LogP contribution in [-0.2, 0) is 20.8 Å². The molecule has 0 saturated heterocycles. The van der Waals surface area contributed by atoms with Crippen LogP contribution >= 0.6 is 0 Å². The number of aliphatic hydroxyl groups excluding tert-OH is 3. The van der Waals surface area contributed by atoms with E-state index < -0.39 is 58.0 Å². The number of nitrogens with two attached hydrogens (primary N) is 1. The van der Waals surface area contributed by atoms with E-state index in [1.807, 2.05) is 31.1 Å². The average Bonchev–Trinajstić information content (AvgIpc) is 3.47. The number of hydrogen-bond acceptors (Lipinski definition) is 10. The molecule has 258 valence electrons. The standard InChI is InChI=1S/C37H47N3O8/c1-39(2)26-17-23(21-10-9-20(14-21)13-19-7-5-18(6-8-19)11-12-41)31(42)28-24(26)15-22-16-25-30(40(3)4)33(44)29(36(38)47)35(46)37(25,48)34(45)27(22)32(28)43/h9-10,17-19,22,25,30,41-43,46,48H,5-8,11-16H2,1-4H3,(H2,38,47)/t18?,19?,22-,25-,30-,37-/m0/s1. The Morgan fingerprint density at radius 1 is 1.02 bits per heavy atom. The molecule has 0 heterocycles. The maximum Gasteiger partial charge on any atom is 0.255 e. The van der Waals surface area contributed by atoms with E-state index in [0.717, 1.165) is 49.8 Å². The number of fused-ring (bicyclic) bond motifs is 3. The third kappa shape index (κ3) is 5.27. The van der Waals surface area contributed by atoms with Gasteiger partial charge in [-0.05, 0) is 94.0 Å². The SMILES string of the molecule is CN(C)c1cc(C2=CC=C(CC3CCC(CCO)CC3)C2)c(O)c2c1C[C@H]1C[C@H]3[C@H](N(C)C)C(=O)C(C(N)=O)=C(O)[C@@]3(O)C(=O)C1=C2O. The zero-order valence-electron chi connectivity index (χ0n) is 28.1. The molecule has 2 fully saturated rings. The number of hydrogen-bond donors (Lipinski definition) is 6. The van der Waals surface area contributed by atoms with E-state index in [0.29, 0.717) is 29.4 Å². The van der Waals surface area contributed by atoms with Gasteiger partial charge in [-0.25, -0.2) is 0 Å². The topological polar surface area (TPSA) is 185 Å². The number of likely N-dealkylation sites (N-methyl/N-ethyl adjacent to an activating group) is 1. The predicted octanol–water partition coefficient (Wildman–Crippen LogP) is 3.32. The summed E-state index contributed by atoms with van der Waals surface area (Å²) in [6.07, 6.45) is 11.4. The molecule has 1 amide bonds. The van der Waals surface area contributed by atoms with E-state index in [1.165, 1.54) is 10.5 Å². The number of anilines is 1. The maximum atomic E-state index is 14.3. The normalized spacial score (nSPS) is 30.2. The van der Waals surface area contributed by atoms with Crippen LogP contribution in [0.4, 0.5) is 5.69 Å². The monoisotopic (exact) mass is 661 g/mol. The summed E-state index contributed by atoms with van der Waals surface area (Å²) in [6, 6.07) is 0.787. The number of benzene rings is 1. The van der Waals surface area contributed by atoms with Crippen LogP contribution in [0.15, 0.2) is 40.7 Å². The van der Waals surface area contributed by atoms with Crippen molar-refractivity contribution in [3.8, 4) is 5.75 Å². The molecule has 5 aliphatic rings. The van der Waals surface area contributed by atoms with Crippen LogP contribution in [-0.4, -0.2) is 94.3 Å². The third-order valence-electron chi connectivity index (χ3n) is 11.5. The van der Waals surface area contributed by atoms with Crippen molar-refractivity contribution in [2.75, 3.05) is 39.7 Å². The smallest absolute Gasteiger partial charge is 0.255 e.